The van der Waals surface area contributed by atoms with E-state index >= 15 is 0 Å². The number of aliphatic hydroxyl groups excluding tert-OH is 1. The molecule has 1 unspecified atom stereocenters. The number of hydrogen-bond donors (Lipinski definition) is 2. The van der Waals surface area contributed by atoms with Gasteiger partial charge in [0.2, 0.25) is 0 Å². The summed E-state index contributed by atoms with van der Waals surface area (Å²) in [5.41, 5.74) is 6.09. The fraction of sp³-hybridized carbons (Fsp3) is 0.333. The highest BCUT2D eigenvalue weighted by atomic mass is 16.5. The third-order valence-electron chi connectivity index (χ3n) is 2.44. The van der Waals surface area contributed by atoms with Crippen LogP contribution in [0.15, 0.2) is 24.3 Å². The maximum absolute atomic E-state index is 11.3. The van der Waals surface area contributed by atoms with Crippen molar-refractivity contribution >= 4 is 17.7 Å². The van der Waals surface area contributed by atoms with Gasteiger partial charge in [-0.15, -0.1) is 0 Å². The van der Waals surface area contributed by atoms with Crippen molar-refractivity contribution in [3.05, 3.63) is 29.8 Å². The fourth-order valence-electron chi connectivity index (χ4n) is 1.36. The lowest BCUT2D eigenvalue weighted by Gasteiger charge is -2.15. The summed E-state index contributed by atoms with van der Waals surface area (Å²) in [4.78, 5) is 23.5. The molecule has 1 rings (SSSR count). The van der Waals surface area contributed by atoms with E-state index in [0.29, 0.717) is 11.3 Å². The average molecular weight is 252 g/mol. The number of urea groups is 1. The van der Waals surface area contributed by atoms with Gasteiger partial charge < -0.3 is 15.6 Å². The zero-order valence-electron chi connectivity index (χ0n) is 10.3. The lowest BCUT2D eigenvalue weighted by Crippen LogP contribution is -2.31. The molecule has 1 atom stereocenters. The first kappa shape index (κ1) is 14.0. The quantitative estimate of drug-likeness (QED) is 0.775. The minimum absolute atomic E-state index is 0.207. The monoisotopic (exact) mass is 252 g/mol. The number of nitrogens with zero attached hydrogens (tertiary/aromatic N) is 1. The predicted octanol–water partition coefficient (Wildman–Crippen LogP) is 0.798. The SMILES string of the molecule is CCOC(=O)C(O)c1ccc(N(C)C(N)=O)cc1. The maximum Gasteiger partial charge on any atom is 0.339 e. The van der Waals surface area contributed by atoms with Crippen LogP contribution in [0.5, 0.6) is 0 Å². The molecule has 18 heavy (non-hydrogen) atoms. The second-order valence-corrected chi connectivity index (χ2v) is 3.64. The molecule has 0 saturated carbocycles. The summed E-state index contributed by atoms with van der Waals surface area (Å²) < 4.78 is 4.70. The number of ether oxygens (including phenoxy) is 1. The van der Waals surface area contributed by atoms with E-state index in [-0.39, 0.29) is 6.61 Å². The van der Waals surface area contributed by atoms with E-state index in [2.05, 4.69) is 0 Å². The van der Waals surface area contributed by atoms with Gasteiger partial charge in [0.05, 0.1) is 6.61 Å². The lowest BCUT2D eigenvalue weighted by atomic mass is 10.1. The second kappa shape index (κ2) is 6.02. The Bertz CT molecular complexity index is 430. The molecule has 0 aliphatic carbocycles. The van der Waals surface area contributed by atoms with Crippen molar-refractivity contribution in [1.82, 2.24) is 0 Å². The fourth-order valence-corrected chi connectivity index (χ4v) is 1.36. The van der Waals surface area contributed by atoms with E-state index in [9.17, 15) is 14.7 Å². The topological polar surface area (TPSA) is 92.9 Å². The number of carbonyl (C=O) groups is 2. The normalized spacial score (nSPS) is 11.7. The van der Waals surface area contributed by atoms with Crippen LogP contribution in [0.25, 0.3) is 0 Å². The van der Waals surface area contributed by atoms with E-state index < -0.39 is 18.1 Å². The Kier molecular flexibility index (Phi) is 4.67. The van der Waals surface area contributed by atoms with Gasteiger partial charge in [-0.1, -0.05) is 12.1 Å². The molecule has 0 bridgehead atoms. The van der Waals surface area contributed by atoms with E-state index in [1.165, 1.54) is 24.1 Å². The molecular weight excluding hydrogens is 236 g/mol. The highest BCUT2D eigenvalue weighted by molar-refractivity contribution is 5.90. The van der Waals surface area contributed by atoms with Crippen LogP contribution in [0.3, 0.4) is 0 Å². The van der Waals surface area contributed by atoms with Crippen molar-refractivity contribution in [3.8, 4) is 0 Å². The third kappa shape index (κ3) is 3.21. The predicted molar refractivity (Wildman–Crippen MR) is 66.0 cm³/mol. The molecule has 0 fully saturated rings. The Morgan fingerprint density at radius 2 is 1.94 bits per heavy atom. The molecule has 0 aliphatic rings. The average Bonchev–Trinajstić information content (AvgIpc) is 2.37. The zero-order chi connectivity index (χ0) is 13.7. The van der Waals surface area contributed by atoms with Crippen LogP contribution in [-0.2, 0) is 9.53 Å². The van der Waals surface area contributed by atoms with Crippen LogP contribution >= 0.6 is 0 Å². The Balaban J connectivity index is 2.82. The Labute approximate surface area is 105 Å². The molecule has 0 aromatic heterocycles. The smallest absolute Gasteiger partial charge is 0.339 e. The molecule has 0 saturated heterocycles. The molecular formula is C12H16N2O4. The van der Waals surface area contributed by atoms with Gasteiger partial charge >= 0.3 is 12.0 Å². The first-order valence-electron chi connectivity index (χ1n) is 5.45. The number of primary amides is 1. The van der Waals surface area contributed by atoms with E-state index in [1.807, 2.05) is 0 Å². The first-order valence-corrected chi connectivity index (χ1v) is 5.45. The number of hydrogen-bond acceptors (Lipinski definition) is 4. The summed E-state index contributed by atoms with van der Waals surface area (Å²) >= 11 is 0. The number of aliphatic hydroxyl groups is 1. The van der Waals surface area contributed by atoms with Crippen molar-refractivity contribution < 1.29 is 19.4 Å². The minimum atomic E-state index is -1.32. The van der Waals surface area contributed by atoms with Gasteiger partial charge in [0.1, 0.15) is 0 Å². The Hall–Kier alpha value is -2.08. The standard InChI is InChI=1S/C12H16N2O4/c1-3-18-11(16)10(15)8-4-6-9(7-5-8)14(2)12(13)17/h4-7,10,15H,3H2,1-2H3,(H2,13,17). The van der Waals surface area contributed by atoms with E-state index in [0.717, 1.165) is 0 Å². The highest BCUT2D eigenvalue weighted by Gasteiger charge is 2.18. The maximum atomic E-state index is 11.3. The summed E-state index contributed by atoms with van der Waals surface area (Å²) in [7, 11) is 1.53. The number of carbonyl (C=O) groups excluding carboxylic acids is 2. The van der Waals surface area contributed by atoms with Crippen LogP contribution in [0.4, 0.5) is 10.5 Å². The number of nitrogens with two attached hydrogens (primary N) is 1. The number of anilines is 1. The van der Waals surface area contributed by atoms with Gasteiger partial charge in [0, 0.05) is 12.7 Å². The molecule has 0 radical (unpaired) electrons. The van der Waals surface area contributed by atoms with E-state index in [4.69, 9.17) is 10.5 Å². The molecule has 6 heteroatoms. The van der Waals surface area contributed by atoms with Crippen molar-refractivity contribution in [2.24, 2.45) is 5.73 Å². The van der Waals surface area contributed by atoms with Gasteiger partial charge in [0.25, 0.3) is 0 Å². The molecule has 1 aromatic carbocycles. The Morgan fingerprint density at radius 1 is 1.39 bits per heavy atom. The molecule has 0 spiro atoms. The summed E-state index contributed by atoms with van der Waals surface area (Å²) in [6.07, 6.45) is -1.32. The van der Waals surface area contributed by atoms with Crippen LogP contribution in [0.1, 0.15) is 18.6 Å². The van der Waals surface area contributed by atoms with Crippen molar-refractivity contribution in [3.63, 3.8) is 0 Å². The largest absolute Gasteiger partial charge is 0.464 e. The number of amides is 2. The lowest BCUT2D eigenvalue weighted by molar-refractivity contribution is -0.153. The number of benzene rings is 1. The zero-order valence-corrected chi connectivity index (χ0v) is 10.3. The van der Waals surface area contributed by atoms with Gasteiger partial charge in [0.15, 0.2) is 6.10 Å². The van der Waals surface area contributed by atoms with Crippen LogP contribution in [0, 0.1) is 0 Å². The molecule has 6 nitrogen and oxygen atoms in total. The molecule has 2 amide bonds. The van der Waals surface area contributed by atoms with Gasteiger partial charge in [-0.05, 0) is 24.6 Å². The Morgan fingerprint density at radius 3 is 2.39 bits per heavy atom. The summed E-state index contributed by atoms with van der Waals surface area (Å²) in [6.45, 7) is 1.87. The first-order chi connectivity index (χ1) is 8.47. The summed E-state index contributed by atoms with van der Waals surface area (Å²) in [6, 6.07) is 5.66. The molecule has 98 valence electrons. The van der Waals surface area contributed by atoms with Crippen molar-refractivity contribution in [2.45, 2.75) is 13.0 Å². The van der Waals surface area contributed by atoms with Crippen LogP contribution in [-0.4, -0.2) is 30.8 Å². The third-order valence-corrected chi connectivity index (χ3v) is 2.44. The molecule has 3 N–H and O–H groups in total. The highest BCUT2D eigenvalue weighted by Crippen LogP contribution is 2.19. The molecule has 1 aromatic rings. The summed E-state index contributed by atoms with van der Waals surface area (Å²) in [5.74, 6) is -0.700. The second-order valence-electron chi connectivity index (χ2n) is 3.64. The minimum Gasteiger partial charge on any atom is -0.464 e. The molecule has 0 heterocycles. The van der Waals surface area contributed by atoms with Gasteiger partial charge in [-0.2, -0.15) is 0 Å². The van der Waals surface area contributed by atoms with Crippen molar-refractivity contribution in [2.75, 3.05) is 18.6 Å². The van der Waals surface area contributed by atoms with Crippen LogP contribution < -0.4 is 10.6 Å². The number of esters is 1. The van der Waals surface area contributed by atoms with Crippen LogP contribution in [0.2, 0.25) is 0 Å². The number of rotatable bonds is 4. The van der Waals surface area contributed by atoms with Crippen molar-refractivity contribution in [1.29, 1.82) is 0 Å². The molecule has 0 aliphatic heterocycles. The van der Waals surface area contributed by atoms with Gasteiger partial charge in [-0.25, -0.2) is 9.59 Å². The van der Waals surface area contributed by atoms with Gasteiger partial charge in [-0.3, -0.25) is 4.90 Å². The summed E-state index contributed by atoms with van der Waals surface area (Å²) in [5, 5.41) is 9.68. The van der Waals surface area contributed by atoms with E-state index in [1.54, 1.807) is 19.1 Å².